The predicted octanol–water partition coefficient (Wildman–Crippen LogP) is 2.89. The molecular weight excluding hydrogens is 344 g/mol. The van der Waals surface area contributed by atoms with Gasteiger partial charge >= 0.3 is 5.69 Å². The Morgan fingerprint density at radius 2 is 2.04 bits per heavy atom. The van der Waals surface area contributed by atoms with Gasteiger partial charge in [-0.3, -0.25) is 25.7 Å². The Labute approximate surface area is 147 Å². The summed E-state index contributed by atoms with van der Waals surface area (Å²) in [5.74, 6) is 1.34. The molecule has 10 heteroatoms. The van der Waals surface area contributed by atoms with Crippen LogP contribution in [0.5, 0.6) is 11.5 Å². The maximum Gasteiger partial charge on any atom is 0.301 e. The number of hydrazone groups is 1. The minimum Gasteiger partial charge on any atom is -0.496 e. The zero-order valence-electron chi connectivity index (χ0n) is 13.7. The molecule has 134 valence electrons. The van der Waals surface area contributed by atoms with Crippen LogP contribution in [0.1, 0.15) is 11.1 Å². The molecule has 2 aromatic rings. The van der Waals surface area contributed by atoms with Gasteiger partial charge in [-0.1, -0.05) is 0 Å². The van der Waals surface area contributed by atoms with Gasteiger partial charge in [0.25, 0.3) is 5.69 Å². The van der Waals surface area contributed by atoms with Crippen molar-refractivity contribution in [3.05, 3.63) is 61.7 Å². The number of nitrogens with zero attached hydrogens (tertiary/aromatic N) is 3. The lowest BCUT2D eigenvalue weighted by atomic mass is 10.1. The van der Waals surface area contributed by atoms with Crippen LogP contribution in [-0.4, -0.2) is 29.8 Å². The zero-order valence-corrected chi connectivity index (χ0v) is 13.7. The maximum absolute atomic E-state index is 11.1. The second-order valence-electron chi connectivity index (χ2n) is 5.39. The first-order valence-corrected chi connectivity index (χ1v) is 7.55. The summed E-state index contributed by atoms with van der Waals surface area (Å²) in [6.45, 7) is 0.603. The molecule has 0 saturated heterocycles. The average molecular weight is 358 g/mol. The lowest BCUT2D eigenvalue weighted by molar-refractivity contribution is -0.393. The summed E-state index contributed by atoms with van der Waals surface area (Å²) in [6.07, 6.45) is 2.24. The molecule has 0 radical (unpaired) electrons. The van der Waals surface area contributed by atoms with Crippen LogP contribution in [-0.2, 0) is 6.42 Å². The van der Waals surface area contributed by atoms with E-state index in [9.17, 15) is 20.2 Å². The van der Waals surface area contributed by atoms with E-state index in [4.69, 9.17) is 9.47 Å². The Morgan fingerprint density at radius 1 is 1.23 bits per heavy atom. The molecule has 1 N–H and O–H groups in total. The van der Waals surface area contributed by atoms with Crippen LogP contribution in [0.2, 0.25) is 0 Å². The summed E-state index contributed by atoms with van der Waals surface area (Å²) < 4.78 is 10.8. The molecule has 0 unspecified atom stereocenters. The normalized spacial score (nSPS) is 12.5. The van der Waals surface area contributed by atoms with Gasteiger partial charge in [-0.15, -0.1) is 0 Å². The number of anilines is 1. The van der Waals surface area contributed by atoms with Crippen LogP contribution in [0.4, 0.5) is 17.1 Å². The molecule has 10 nitrogen and oxygen atoms in total. The van der Waals surface area contributed by atoms with Gasteiger partial charge in [-0.25, -0.2) is 0 Å². The molecule has 3 rings (SSSR count). The van der Waals surface area contributed by atoms with Crippen molar-refractivity contribution in [3.8, 4) is 11.5 Å². The number of nitrogens with one attached hydrogen (secondary N) is 1. The largest absolute Gasteiger partial charge is 0.496 e. The number of hydrogen-bond donors (Lipinski definition) is 1. The molecule has 0 bridgehead atoms. The molecule has 26 heavy (non-hydrogen) atoms. The number of hydrogen-bond acceptors (Lipinski definition) is 8. The number of nitro benzene ring substituents is 2. The molecule has 1 heterocycles. The van der Waals surface area contributed by atoms with Gasteiger partial charge in [0.2, 0.25) is 0 Å². The summed E-state index contributed by atoms with van der Waals surface area (Å²) >= 11 is 0. The highest BCUT2D eigenvalue weighted by molar-refractivity contribution is 5.85. The fourth-order valence-electron chi connectivity index (χ4n) is 2.55. The number of nitro groups is 2. The van der Waals surface area contributed by atoms with Crippen molar-refractivity contribution >= 4 is 23.3 Å². The summed E-state index contributed by atoms with van der Waals surface area (Å²) in [4.78, 5) is 20.5. The van der Waals surface area contributed by atoms with Crippen LogP contribution in [0.15, 0.2) is 35.4 Å². The highest BCUT2D eigenvalue weighted by atomic mass is 16.6. The van der Waals surface area contributed by atoms with Gasteiger partial charge in [-0.2, -0.15) is 5.10 Å². The van der Waals surface area contributed by atoms with Gasteiger partial charge < -0.3 is 9.47 Å². The molecule has 0 aliphatic carbocycles. The fourth-order valence-corrected chi connectivity index (χ4v) is 2.55. The van der Waals surface area contributed by atoms with E-state index >= 15 is 0 Å². The summed E-state index contributed by atoms with van der Waals surface area (Å²) in [5.41, 5.74) is 3.43. The summed E-state index contributed by atoms with van der Waals surface area (Å²) in [7, 11) is 1.53. The Hall–Kier alpha value is -3.69. The van der Waals surface area contributed by atoms with E-state index < -0.39 is 15.5 Å². The molecule has 0 aromatic heterocycles. The van der Waals surface area contributed by atoms with Crippen LogP contribution in [0, 0.1) is 20.2 Å². The van der Waals surface area contributed by atoms with E-state index in [0.29, 0.717) is 17.9 Å². The quantitative estimate of drug-likeness (QED) is 0.477. The molecule has 0 saturated carbocycles. The molecule has 0 fully saturated rings. The Morgan fingerprint density at radius 3 is 2.73 bits per heavy atom. The van der Waals surface area contributed by atoms with E-state index in [0.717, 1.165) is 29.9 Å². The predicted molar refractivity (Wildman–Crippen MR) is 93.2 cm³/mol. The third-order valence-electron chi connectivity index (χ3n) is 3.82. The number of benzene rings is 2. The smallest absolute Gasteiger partial charge is 0.301 e. The van der Waals surface area contributed by atoms with Crippen molar-refractivity contribution < 1.29 is 19.3 Å². The van der Waals surface area contributed by atoms with Gasteiger partial charge in [0.15, 0.2) is 0 Å². The molecule has 1 aliphatic rings. The number of rotatable bonds is 6. The monoisotopic (exact) mass is 358 g/mol. The standard InChI is InChI=1S/C16H14N4O6/c1-25-15-6-10-4-5-26-16(10)7-11(15)9-17-18-13-3-2-12(19(21)22)8-14(13)20(23)24/h2-3,6-9,18H,4-5H2,1H3/b17-9+. The average Bonchev–Trinajstić information content (AvgIpc) is 3.08. The molecule has 1 aliphatic heterocycles. The first-order chi connectivity index (χ1) is 12.5. The van der Waals surface area contributed by atoms with Gasteiger partial charge in [0.1, 0.15) is 17.2 Å². The number of ether oxygens (including phenoxy) is 2. The zero-order chi connectivity index (χ0) is 18.7. The summed E-state index contributed by atoms with van der Waals surface area (Å²) in [6, 6.07) is 6.90. The maximum atomic E-state index is 11.1. The Kier molecular flexibility index (Phi) is 4.65. The van der Waals surface area contributed by atoms with E-state index in [1.54, 1.807) is 6.07 Å². The van der Waals surface area contributed by atoms with Crippen LogP contribution in [0.25, 0.3) is 0 Å². The number of non-ortho nitro benzene ring substituents is 1. The highest BCUT2D eigenvalue weighted by Gasteiger charge is 2.19. The van der Waals surface area contributed by atoms with Crippen LogP contribution in [0.3, 0.4) is 0 Å². The van der Waals surface area contributed by atoms with Crippen molar-refractivity contribution in [2.75, 3.05) is 19.1 Å². The second-order valence-corrected chi connectivity index (χ2v) is 5.39. The third kappa shape index (κ3) is 3.38. The lowest BCUT2D eigenvalue weighted by Gasteiger charge is -2.07. The van der Waals surface area contributed by atoms with Crippen LogP contribution >= 0.6 is 0 Å². The SMILES string of the molecule is COc1cc2c(cc1/C=N/Nc1ccc([N+](=O)[O-])cc1[N+](=O)[O-])OCC2. The van der Waals surface area contributed by atoms with Crippen molar-refractivity contribution in [2.24, 2.45) is 5.10 Å². The van der Waals surface area contributed by atoms with E-state index in [1.165, 1.54) is 19.4 Å². The minimum absolute atomic E-state index is 0.0354. The molecule has 0 atom stereocenters. The Bertz CT molecular complexity index is 912. The van der Waals surface area contributed by atoms with Crippen molar-refractivity contribution in [1.82, 2.24) is 0 Å². The summed E-state index contributed by atoms with van der Waals surface area (Å²) in [5, 5.41) is 25.8. The third-order valence-corrected chi connectivity index (χ3v) is 3.82. The first kappa shape index (κ1) is 17.1. The van der Waals surface area contributed by atoms with Gasteiger partial charge in [0.05, 0.1) is 35.8 Å². The van der Waals surface area contributed by atoms with Crippen molar-refractivity contribution in [3.63, 3.8) is 0 Å². The number of fused-ring (bicyclic) bond motifs is 1. The molecule has 2 aromatic carbocycles. The topological polar surface area (TPSA) is 129 Å². The van der Waals surface area contributed by atoms with Crippen molar-refractivity contribution in [2.45, 2.75) is 6.42 Å². The first-order valence-electron chi connectivity index (χ1n) is 7.55. The number of methoxy groups -OCH3 is 1. The highest BCUT2D eigenvalue weighted by Crippen LogP contribution is 2.32. The molecular formula is C16H14N4O6. The van der Waals surface area contributed by atoms with Gasteiger partial charge in [-0.05, 0) is 18.2 Å². The van der Waals surface area contributed by atoms with Gasteiger partial charge in [0, 0.05) is 23.6 Å². The van der Waals surface area contributed by atoms with Crippen LogP contribution < -0.4 is 14.9 Å². The minimum atomic E-state index is -0.714. The lowest BCUT2D eigenvalue weighted by Crippen LogP contribution is -1.99. The van der Waals surface area contributed by atoms with E-state index in [2.05, 4.69) is 10.5 Å². The molecule has 0 amide bonds. The Balaban J connectivity index is 1.85. The van der Waals surface area contributed by atoms with E-state index in [-0.39, 0.29) is 11.4 Å². The fraction of sp³-hybridized carbons (Fsp3) is 0.188. The molecule has 0 spiro atoms. The second kappa shape index (κ2) is 7.05. The van der Waals surface area contributed by atoms with Crippen molar-refractivity contribution in [1.29, 1.82) is 0 Å². The van der Waals surface area contributed by atoms with E-state index in [1.807, 2.05) is 6.07 Å².